The van der Waals surface area contributed by atoms with Gasteiger partial charge in [0.2, 0.25) is 5.82 Å². The van der Waals surface area contributed by atoms with Crippen molar-refractivity contribution in [1.29, 1.82) is 0 Å². The average molecular weight is 293 g/mol. The number of hydrogen-bond donors (Lipinski definition) is 2. The fourth-order valence-corrected chi connectivity index (χ4v) is 2.10. The van der Waals surface area contributed by atoms with Crippen molar-refractivity contribution in [2.24, 2.45) is 0 Å². The van der Waals surface area contributed by atoms with E-state index in [1.165, 1.54) is 7.11 Å². The van der Waals surface area contributed by atoms with Crippen LogP contribution in [-0.4, -0.2) is 28.2 Å². The summed E-state index contributed by atoms with van der Waals surface area (Å²) >= 11 is 6.00. The highest BCUT2D eigenvalue weighted by Crippen LogP contribution is 2.37. The maximum Gasteiger partial charge on any atom is 0.295 e. The van der Waals surface area contributed by atoms with E-state index in [0.717, 1.165) is 18.7 Å². The van der Waals surface area contributed by atoms with Gasteiger partial charge in [-0.1, -0.05) is 11.6 Å². The summed E-state index contributed by atoms with van der Waals surface area (Å²) in [5.41, 5.74) is 0.568. The standard InChI is InChI=1S/C13H13ClN4O2/c1-20-10-5-4-8(6-9(10)14)15-13(19)12-16-11(17-18-12)7-2-3-7/h4-7H,2-3H2,1H3,(H,15,19)(H,16,17,18). The van der Waals surface area contributed by atoms with Gasteiger partial charge in [-0.2, -0.15) is 0 Å². The lowest BCUT2D eigenvalue weighted by atomic mass is 10.3. The quantitative estimate of drug-likeness (QED) is 0.908. The predicted molar refractivity (Wildman–Crippen MR) is 74.3 cm³/mol. The first-order chi connectivity index (χ1) is 9.67. The second-order valence-electron chi connectivity index (χ2n) is 4.62. The number of nitrogens with one attached hydrogen (secondary N) is 2. The van der Waals surface area contributed by atoms with E-state index < -0.39 is 0 Å². The molecule has 104 valence electrons. The van der Waals surface area contributed by atoms with Crippen LogP contribution in [0.3, 0.4) is 0 Å². The van der Waals surface area contributed by atoms with E-state index in [4.69, 9.17) is 16.3 Å². The summed E-state index contributed by atoms with van der Waals surface area (Å²) in [7, 11) is 1.53. The molecule has 2 aromatic rings. The summed E-state index contributed by atoms with van der Waals surface area (Å²) in [5.74, 6) is 1.54. The van der Waals surface area contributed by atoms with E-state index in [2.05, 4.69) is 20.5 Å². The number of ether oxygens (including phenoxy) is 1. The van der Waals surface area contributed by atoms with Gasteiger partial charge in [-0.3, -0.25) is 9.89 Å². The monoisotopic (exact) mass is 292 g/mol. The molecule has 0 radical (unpaired) electrons. The molecule has 0 atom stereocenters. The van der Waals surface area contributed by atoms with Crippen LogP contribution in [0.15, 0.2) is 18.2 Å². The third kappa shape index (κ3) is 2.60. The van der Waals surface area contributed by atoms with E-state index in [1.807, 2.05) is 0 Å². The Morgan fingerprint density at radius 2 is 2.30 bits per heavy atom. The number of carbonyl (C=O) groups excluding carboxylic acids is 1. The van der Waals surface area contributed by atoms with Crippen LogP contribution in [0.4, 0.5) is 5.69 Å². The highest BCUT2D eigenvalue weighted by Gasteiger charge is 2.28. The smallest absolute Gasteiger partial charge is 0.295 e. The van der Waals surface area contributed by atoms with Crippen LogP contribution in [0, 0.1) is 0 Å². The number of nitrogens with zero attached hydrogens (tertiary/aromatic N) is 2. The largest absolute Gasteiger partial charge is 0.495 e. The summed E-state index contributed by atoms with van der Waals surface area (Å²) in [6, 6.07) is 5.01. The number of aromatic nitrogens is 3. The Morgan fingerprint density at radius 1 is 1.50 bits per heavy atom. The van der Waals surface area contributed by atoms with Crippen molar-refractivity contribution in [3.05, 3.63) is 34.9 Å². The predicted octanol–water partition coefficient (Wildman–Crippen LogP) is 2.60. The van der Waals surface area contributed by atoms with Crippen molar-refractivity contribution in [2.75, 3.05) is 12.4 Å². The third-order valence-corrected chi connectivity index (χ3v) is 3.37. The van der Waals surface area contributed by atoms with Crippen LogP contribution in [-0.2, 0) is 0 Å². The number of anilines is 1. The molecule has 20 heavy (non-hydrogen) atoms. The van der Waals surface area contributed by atoms with Crippen LogP contribution in [0.5, 0.6) is 5.75 Å². The van der Waals surface area contributed by atoms with Crippen LogP contribution in [0.1, 0.15) is 35.2 Å². The summed E-state index contributed by atoms with van der Waals surface area (Å²) in [6.45, 7) is 0. The Bertz CT molecular complexity index is 652. The number of benzene rings is 1. The van der Waals surface area contributed by atoms with E-state index in [9.17, 15) is 4.79 Å². The van der Waals surface area contributed by atoms with Crippen molar-refractivity contribution in [3.8, 4) is 5.75 Å². The van der Waals surface area contributed by atoms with Crippen LogP contribution in [0.2, 0.25) is 5.02 Å². The van der Waals surface area contributed by atoms with Crippen LogP contribution >= 0.6 is 11.6 Å². The molecule has 0 aliphatic heterocycles. The lowest BCUT2D eigenvalue weighted by Crippen LogP contribution is -2.13. The van der Waals surface area contributed by atoms with Gasteiger partial charge in [0.1, 0.15) is 11.6 Å². The normalized spacial score (nSPS) is 14.1. The minimum absolute atomic E-state index is 0.138. The molecular weight excluding hydrogens is 280 g/mol. The van der Waals surface area contributed by atoms with Crippen molar-refractivity contribution in [2.45, 2.75) is 18.8 Å². The molecule has 0 bridgehead atoms. The van der Waals surface area contributed by atoms with Gasteiger partial charge in [0.15, 0.2) is 0 Å². The van der Waals surface area contributed by atoms with Gasteiger partial charge in [-0.25, -0.2) is 4.98 Å². The number of methoxy groups -OCH3 is 1. The van der Waals surface area contributed by atoms with Crippen LogP contribution < -0.4 is 10.1 Å². The number of hydrogen-bond acceptors (Lipinski definition) is 4. The maximum atomic E-state index is 12.0. The van der Waals surface area contributed by atoms with Gasteiger partial charge in [0.25, 0.3) is 5.91 Å². The van der Waals surface area contributed by atoms with Gasteiger partial charge in [-0.05, 0) is 31.0 Å². The molecule has 1 fully saturated rings. The first-order valence-corrected chi connectivity index (χ1v) is 6.62. The zero-order chi connectivity index (χ0) is 14.1. The lowest BCUT2D eigenvalue weighted by molar-refractivity contribution is 0.101. The number of rotatable bonds is 4. The van der Waals surface area contributed by atoms with Crippen molar-refractivity contribution in [3.63, 3.8) is 0 Å². The molecule has 1 amide bonds. The molecule has 3 rings (SSSR count). The molecule has 1 heterocycles. The molecule has 1 saturated carbocycles. The molecule has 1 aliphatic rings. The van der Waals surface area contributed by atoms with Gasteiger partial charge in [0.05, 0.1) is 12.1 Å². The first kappa shape index (κ1) is 12.9. The molecule has 6 nitrogen and oxygen atoms in total. The number of halogens is 1. The summed E-state index contributed by atoms with van der Waals surface area (Å²) in [6.07, 6.45) is 2.20. The fourth-order valence-electron chi connectivity index (χ4n) is 1.85. The lowest BCUT2D eigenvalue weighted by Gasteiger charge is -2.06. The molecule has 0 saturated heterocycles. The van der Waals surface area contributed by atoms with Gasteiger partial charge >= 0.3 is 0 Å². The Balaban J connectivity index is 1.72. The van der Waals surface area contributed by atoms with Crippen molar-refractivity contribution >= 4 is 23.2 Å². The molecular formula is C13H13ClN4O2. The summed E-state index contributed by atoms with van der Waals surface area (Å²) in [5, 5.41) is 9.85. The van der Waals surface area contributed by atoms with Crippen LogP contribution in [0.25, 0.3) is 0 Å². The van der Waals surface area contributed by atoms with E-state index in [1.54, 1.807) is 18.2 Å². The number of amides is 1. The Hall–Kier alpha value is -2.08. The van der Waals surface area contributed by atoms with Gasteiger partial charge in [0, 0.05) is 11.6 Å². The Labute approximate surface area is 120 Å². The summed E-state index contributed by atoms with van der Waals surface area (Å²) < 4.78 is 5.05. The second kappa shape index (κ2) is 5.13. The molecule has 1 aliphatic carbocycles. The number of carbonyl (C=O) groups is 1. The molecule has 1 aromatic carbocycles. The maximum absolute atomic E-state index is 12.0. The second-order valence-corrected chi connectivity index (χ2v) is 5.03. The van der Waals surface area contributed by atoms with Gasteiger partial charge < -0.3 is 10.1 Å². The highest BCUT2D eigenvalue weighted by atomic mass is 35.5. The fraction of sp³-hybridized carbons (Fsp3) is 0.308. The minimum atomic E-state index is -0.366. The molecule has 7 heteroatoms. The SMILES string of the molecule is COc1ccc(NC(=O)c2n[nH]c(C3CC3)n2)cc1Cl. The summed E-state index contributed by atoms with van der Waals surface area (Å²) in [4.78, 5) is 16.2. The van der Waals surface area contributed by atoms with E-state index in [-0.39, 0.29) is 11.7 Å². The Kier molecular flexibility index (Phi) is 3.31. The highest BCUT2D eigenvalue weighted by molar-refractivity contribution is 6.32. The van der Waals surface area contributed by atoms with E-state index >= 15 is 0 Å². The molecule has 0 unspecified atom stereocenters. The minimum Gasteiger partial charge on any atom is -0.495 e. The van der Waals surface area contributed by atoms with E-state index in [0.29, 0.717) is 22.4 Å². The van der Waals surface area contributed by atoms with Crippen molar-refractivity contribution < 1.29 is 9.53 Å². The zero-order valence-corrected chi connectivity index (χ0v) is 11.6. The number of H-pyrrole nitrogens is 1. The van der Waals surface area contributed by atoms with Crippen molar-refractivity contribution in [1.82, 2.24) is 15.2 Å². The first-order valence-electron chi connectivity index (χ1n) is 6.24. The zero-order valence-electron chi connectivity index (χ0n) is 10.8. The number of aromatic amines is 1. The topological polar surface area (TPSA) is 79.9 Å². The van der Waals surface area contributed by atoms with Gasteiger partial charge in [-0.15, -0.1) is 5.10 Å². The molecule has 0 spiro atoms. The Morgan fingerprint density at radius 3 is 2.95 bits per heavy atom. The molecule has 2 N–H and O–H groups in total. The molecule has 1 aromatic heterocycles. The third-order valence-electron chi connectivity index (χ3n) is 3.08. The average Bonchev–Trinajstić information content (AvgIpc) is 3.16.